The van der Waals surface area contributed by atoms with Gasteiger partial charge in [0.2, 0.25) is 0 Å². The second-order valence-electron chi connectivity index (χ2n) is 14.5. The van der Waals surface area contributed by atoms with Crippen molar-refractivity contribution in [2.24, 2.45) is 0 Å². The van der Waals surface area contributed by atoms with Crippen molar-refractivity contribution < 1.29 is 13.9 Å². The smallest absolute Gasteiger partial charge is 0.134 e. The number of furan rings is 2. The van der Waals surface area contributed by atoms with Crippen LogP contribution in [-0.4, -0.2) is 41.1 Å². The van der Waals surface area contributed by atoms with Crippen LogP contribution in [0, 0.1) is 0 Å². The van der Waals surface area contributed by atoms with Crippen molar-refractivity contribution in [3.8, 4) is 0 Å². The first-order valence-corrected chi connectivity index (χ1v) is 18.9. The predicted molar refractivity (Wildman–Crippen MR) is 223 cm³/mol. The quantitative estimate of drug-likeness (QED) is 0.157. The molecule has 0 atom stereocenters. The lowest BCUT2D eigenvalue weighted by Gasteiger charge is -2.50. The van der Waals surface area contributed by atoms with E-state index in [0.717, 1.165) is 46.2 Å². The highest BCUT2D eigenvalue weighted by molar-refractivity contribution is 6.26. The summed E-state index contributed by atoms with van der Waals surface area (Å²) in [5.41, 5.74) is 7.87. The minimum absolute atomic E-state index is 0. The summed E-state index contributed by atoms with van der Waals surface area (Å²) in [7, 11) is 0. The maximum absolute atomic E-state index is 11.3. The van der Waals surface area contributed by atoms with Gasteiger partial charge in [0.1, 0.15) is 16.8 Å². The van der Waals surface area contributed by atoms with Gasteiger partial charge in [-0.05, 0) is 34.4 Å². The highest BCUT2D eigenvalue weighted by atomic mass is 35.5. The Hall–Kier alpha value is -5.43. The van der Waals surface area contributed by atoms with Gasteiger partial charge in [-0.2, -0.15) is 0 Å². The van der Waals surface area contributed by atoms with Crippen molar-refractivity contribution in [1.82, 2.24) is 9.80 Å². The number of halogens is 1. The van der Waals surface area contributed by atoms with Crippen LogP contribution in [-0.2, 0) is 10.5 Å². The molecule has 276 valence electrons. The maximum atomic E-state index is 11.3. The molecule has 0 aliphatic carbocycles. The van der Waals surface area contributed by atoms with E-state index in [-0.39, 0.29) is 19.5 Å². The van der Waals surface area contributed by atoms with Gasteiger partial charge in [0.05, 0.1) is 29.5 Å². The van der Waals surface area contributed by atoms with Crippen LogP contribution in [0.25, 0.3) is 21.9 Å². The topological polar surface area (TPSA) is 53.0 Å². The largest absolute Gasteiger partial charge is 0.464 e. The Bertz CT molecular complexity index is 2200. The summed E-state index contributed by atoms with van der Waals surface area (Å²) in [6, 6.07) is 58.6. The molecule has 0 saturated carbocycles. The van der Waals surface area contributed by atoms with Gasteiger partial charge in [0.25, 0.3) is 0 Å². The molecule has 55 heavy (non-hydrogen) atoms. The summed E-state index contributed by atoms with van der Waals surface area (Å²) < 4.78 is 11.4. The number of hydrogen-bond donors (Lipinski definition) is 1. The van der Waals surface area contributed by atoms with Gasteiger partial charge in [0, 0.05) is 48.1 Å². The number of rotatable bonds is 8. The van der Waals surface area contributed by atoms with Crippen LogP contribution in [0.3, 0.4) is 0 Å². The number of alkyl halides is 1. The minimum Gasteiger partial charge on any atom is -0.464 e. The SMILES string of the molecule is C.ClC1(c2coc3ccccc23)CN(C(c2ccccc2)c2ccccc2)C1.OC1(c2coc3ccccc23)CN(C(c2ccccc2)c2ccccc2)C1. The molecule has 2 aliphatic heterocycles. The summed E-state index contributed by atoms with van der Waals surface area (Å²) in [6.45, 7) is 2.72. The molecule has 2 aromatic heterocycles. The molecule has 0 radical (unpaired) electrons. The van der Waals surface area contributed by atoms with Gasteiger partial charge >= 0.3 is 0 Å². The molecular formula is C49H45ClN2O3. The Morgan fingerprint density at radius 2 is 0.782 bits per heavy atom. The number of fused-ring (bicyclic) bond motifs is 2. The van der Waals surface area contributed by atoms with Gasteiger partial charge < -0.3 is 13.9 Å². The summed E-state index contributed by atoms with van der Waals surface area (Å²) in [5.74, 6) is 0. The zero-order valence-electron chi connectivity index (χ0n) is 29.8. The van der Waals surface area contributed by atoms with Gasteiger partial charge in [-0.15, -0.1) is 11.6 Å². The van der Waals surface area contributed by atoms with E-state index in [1.54, 1.807) is 6.26 Å². The lowest BCUT2D eigenvalue weighted by Crippen LogP contribution is -2.60. The average Bonchev–Trinajstić information content (AvgIpc) is 3.84. The number of aliphatic hydroxyl groups is 1. The van der Waals surface area contributed by atoms with E-state index in [4.69, 9.17) is 20.4 Å². The van der Waals surface area contributed by atoms with Crippen LogP contribution < -0.4 is 0 Å². The van der Waals surface area contributed by atoms with Gasteiger partial charge in [-0.1, -0.05) is 165 Å². The molecule has 0 bridgehead atoms. The zero-order chi connectivity index (χ0) is 36.5. The highest BCUT2D eigenvalue weighted by Gasteiger charge is 2.49. The van der Waals surface area contributed by atoms with Crippen LogP contribution in [0.5, 0.6) is 0 Å². The van der Waals surface area contributed by atoms with Crippen molar-refractivity contribution in [1.29, 1.82) is 0 Å². The Balaban J connectivity index is 0.000000153. The Kier molecular flexibility index (Phi) is 10.2. The van der Waals surface area contributed by atoms with Crippen LogP contribution in [0.2, 0.25) is 0 Å². The molecule has 8 aromatic rings. The van der Waals surface area contributed by atoms with Crippen molar-refractivity contribution in [2.75, 3.05) is 26.2 Å². The van der Waals surface area contributed by atoms with Crippen molar-refractivity contribution in [2.45, 2.75) is 30.0 Å². The van der Waals surface area contributed by atoms with E-state index in [0.29, 0.717) is 13.1 Å². The molecule has 6 heteroatoms. The summed E-state index contributed by atoms with van der Waals surface area (Å²) >= 11 is 7.07. The first kappa shape index (κ1) is 36.5. The second-order valence-corrected chi connectivity index (χ2v) is 15.3. The van der Waals surface area contributed by atoms with E-state index in [1.807, 2.05) is 60.9 Å². The molecule has 0 unspecified atom stereocenters. The molecule has 5 nitrogen and oxygen atoms in total. The first-order valence-electron chi connectivity index (χ1n) is 18.5. The predicted octanol–water partition coefficient (Wildman–Crippen LogP) is 11.3. The molecule has 2 aliphatic rings. The van der Waals surface area contributed by atoms with Crippen LogP contribution >= 0.6 is 11.6 Å². The van der Waals surface area contributed by atoms with E-state index in [1.165, 1.54) is 22.3 Å². The molecule has 0 amide bonds. The van der Waals surface area contributed by atoms with Gasteiger partial charge in [-0.25, -0.2) is 0 Å². The third kappa shape index (κ3) is 7.01. The normalized spacial score (nSPS) is 16.2. The third-order valence-corrected chi connectivity index (χ3v) is 11.4. The minimum atomic E-state index is -0.881. The van der Waals surface area contributed by atoms with E-state index in [2.05, 4.69) is 125 Å². The molecule has 2 saturated heterocycles. The van der Waals surface area contributed by atoms with Crippen LogP contribution in [0.4, 0.5) is 0 Å². The summed E-state index contributed by atoms with van der Waals surface area (Å²) in [5, 5.41) is 13.4. The van der Waals surface area contributed by atoms with E-state index in [9.17, 15) is 5.11 Å². The lowest BCUT2D eigenvalue weighted by atomic mass is 9.82. The number of para-hydroxylation sites is 2. The van der Waals surface area contributed by atoms with Crippen LogP contribution in [0.1, 0.15) is 52.9 Å². The number of benzene rings is 6. The Morgan fingerprint density at radius 3 is 1.20 bits per heavy atom. The lowest BCUT2D eigenvalue weighted by molar-refractivity contribution is -0.116. The van der Waals surface area contributed by atoms with Crippen molar-refractivity contribution >= 4 is 33.5 Å². The fraction of sp³-hybridized carbons (Fsp3) is 0.184. The first-order chi connectivity index (χ1) is 26.5. The molecular weight excluding hydrogens is 700 g/mol. The number of β-amino-alcohol motifs (C(OH)–C–C–N with tert-alkyl or cyclic N) is 1. The average molecular weight is 745 g/mol. The Labute approximate surface area is 328 Å². The molecule has 2 fully saturated rings. The van der Waals surface area contributed by atoms with E-state index >= 15 is 0 Å². The number of hydrogen-bond acceptors (Lipinski definition) is 5. The van der Waals surface area contributed by atoms with Crippen molar-refractivity contribution in [3.63, 3.8) is 0 Å². The van der Waals surface area contributed by atoms with E-state index < -0.39 is 10.5 Å². The zero-order valence-corrected chi connectivity index (χ0v) is 30.6. The summed E-state index contributed by atoms with van der Waals surface area (Å²) in [6.07, 6.45) is 3.54. The number of nitrogens with zero attached hydrogens (tertiary/aromatic N) is 2. The fourth-order valence-electron chi connectivity index (χ4n) is 8.36. The molecule has 0 spiro atoms. The Morgan fingerprint density at radius 1 is 0.455 bits per heavy atom. The third-order valence-electron chi connectivity index (χ3n) is 11.0. The summed E-state index contributed by atoms with van der Waals surface area (Å²) in [4.78, 5) is 4.36. The molecule has 4 heterocycles. The monoisotopic (exact) mass is 744 g/mol. The van der Waals surface area contributed by atoms with Gasteiger partial charge in [0.15, 0.2) is 0 Å². The fourth-order valence-corrected chi connectivity index (χ4v) is 8.81. The highest BCUT2D eigenvalue weighted by Crippen LogP contribution is 2.47. The van der Waals surface area contributed by atoms with Crippen molar-refractivity contribution in [3.05, 3.63) is 216 Å². The standard InChI is InChI=1S/C24H20ClNO.C24H21NO2.CH4/c25-24(21-15-27-22-14-8-7-13-20(21)22)16-26(17-24)23(18-9-3-1-4-10-18)19-11-5-2-6-12-19;26-24(21-15-27-22-14-8-7-13-20(21)22)16-25(17-24)23(18-9-3-1-4-10-18)19-11-5-2-6-12-19;/h1-15,23H,16-17H2;1-15,23,26H,16-17H2;1H4. The van der Waals surface area contributed by atoms with Crippen LogP contribution in [0.15, 0.2) is 191 Å². The van der Waals surface area contributed by atoms with Gasteiger partial charge in [-0.3, -0.25) is 9.80 Å². The molecule has 1 N–H and O–H groups in total. The number of likely N-dealkylation sites (tertiary alicyclic amines) is 2. The maximum Gasteiger partial charge on any atom is 0.134 e. The molecule has 10 rings (SSSR count). The second kappa shape index (κ2) is 15.4. The molecule has 6 aromatic carbocycles.